The third-order valence-electron chi connectivity index (χ3n) is 5.80. The van der Waals surface area contributed by atoms with Crippen LogP contribution in [0.1, 0.15) is 36.9 Å². The van der Waals surface area contributed by atoms with E-state index < -0.39 is 11.8 Å². The first-order valence-corrected chi connectivity index (χ1v) is 8.41. The maximum Gasteiger partial charge on any atom is 0.421 e. The number of H-pyrrole nitrogens is 1. The SMILES string of the molecule is CC(O)(c1c(C2CN3CCC2CC3)[nH]c2ccccc12)C(F)(F)F. The average molecular weight is 338 g/mol. The Morgan fingerprint density at radius 3 is 2.42 bits per heavy atom. The van der Waals surface area contributed by atoms with Gasteiger partial charge in [0.1, 0.15) is 0 Å². The lowest BCUT2D eigenvalue weighted by Crippen LogP contribution is -2.47. The third kappa shape index (κ3) is 2.27. The number of hydrogen-bond donors (Lipinski definition) is 2. The largest absolute Gasteiger partial charge is 0.421 e. The van der Waals surface area contributed by atoms with Gasteiger partial charge < -0.3 is 15.0 Å². The van der Waals surface area contributed by atoms with Crippen molar-refractivity contribution in [3.05, 3.63) is 35.5 Å². The molecule has 6 heteroatoms. The number of para-hydroxylation sites is 1. The summed E-state index contributed by atoms with van der Waals surface area (Å²) in [6.07, 6.45) is -2.71. The van der Waals surface area contributed by atoms with Gasteiger partial charge in [0.2, 0.25) is 0 Å². The molecule has 2 unspecified atom stereocenters. The number of piperidine rings is 3. The molecule has 4 heterocycles. The highest BCUT2D eigenvalue weighted by Gasteiger charge is 2.54. The Kier molecular flexibility index (Phi) is 3.48. The molecule has 3 nitrogen and oxygen atoms in total. The van der Waals surface area contributed by atoms with Crippen LogP contribution >= 0.6 is 0 Å². The van der Waals surface area contributed by atoms with E-state index in [2.05, 4.69) is 9.88 Å². The summed E-state index contributed by atoms with van der Waals surface area (Å²) >= 11 is 0. The van der Waals surface area contributed by atoms with E-state index in [4.69, 9.17) is 0 Å². The number of nitrogens with zero attached hydrogens (tertiary/aromatic N) is 1. The fraction of sp³-hybridized carbons (Fsp3) is 0.556. The summed E-state index contributed by atoms with van der Waals surface area (Å²) in [4.78, 5) is 5.52. The van der Waals surface area contributed by atoms with Crippen LogP contribution in [0, 0.1) is 5.92 Å². The Hall–Kier alpha value is -1.53. The average Bonchev–Trinajstić information content (AvgIpc) is 2.94. The van der Waals surface area contributed by atoms with E-state index in [9.17, 15) is 18.3 Å². The lowest BCUT2D eigenvalue weighted by atomic mass is 9.75. The van der Waals surface area contributed by atoms with E-state index in [0.29, 0.717) is 22.5 Å². The molecule has 3 saturated heterocycles. The van der Waals surface area contributed by atoms with Crippen molar-refractivity contribution in [2.75, 3.05) is 19.6 Å². The lowest BCUT2D eigenvalue weighted by Gasteiger charge is -2.45. The van der Waals surface area contributed by atoms with Crippen molar-refractivity contribution in [3.8, 4) is 0 Å². The summed E-state index contributed by atoms with van der Waals surface area (Å²) in [5.74, 6) is 0.398. The molecule has 24 heavy (non-hydrogen) atoms. The number of benzene rings is 1. The van der Waals surface area contributed by atoms with Crippen LogP contribution in [0.5, 0.6) is 0 Å². The van der Waals surface area contributed by atoms with Gasteiger partial charge in [-0.05, 0) is 44.8 Å². The predicted octanol–water partition coefficient (Wildman–Crippen LogP) is 3.75. The normalized spacial score (nSPS) is 29.8. The van der Waals surface area contributed by atoms with Gasteiger partial charge in [0.05, 0.1) is 0 Å². The van der Waals surface area contributed by atoms with Crippen LogP contribution in [0.2, 0.25) is 0 Å². The lowest BCUT2D eigenvalue weighted by molar-refractivity contribution is -0.258. The van der Waals surface area contributed by atoms with E-state index in [1.165, 1.54) is 0 Å². The smallest absolute Gasteiger partial charge is 0.376 e. The van der Waals surface area contributed by atoms with E-state index in [0.717, 1.165) is 39.4 Å². The second-order valence-electron chi connectivity index (χ2n) is 7.27. The van der Waals surface area contributed by atoms with Crippen LogP contribution in [-0.4, -0.2) is 40.8 Å². The van der Waals surface area contributed by atoms with Crippen molar-refractivity contribution in [1.82, 2.24) is 9.88 Å². The van der Waals surface area contributed by atoms with Gasteiger partial charge in [0.15, 0.2) is 5.60 Å². The molecule has 0 spiro atoms. The first-order chi connectivity index (χ1) is 11.3. The fourth-order valence-corrected chi connectivity index (χ4v) is 4.40. The Morgan fingerprint density at radius 2 is 1.83 bits per heavy atom. The zero-order chi connectivity index (χ0) is 17.1. The van der Waals surface area contributed by atoms with Gasteiger partial charge in [-0.1, -0.05) is 18.2 Å². The second kappa shape index (κ2) is 5.23. The zero-order valence-electron chi connectivity index (χ0n) is 13.5. The topological polar surface area (TPSA) is 39.3 Å². The summed E-state index contributed by atoms with van der Waals surface area (Å²) in [5.41, 5.74) is -1.64. The predicted molar refractivity (Wildman–Crippen MR) is 85.8 cm³/mol. The molecule has 130 valence electrons. The molecule has 0 saturated carbocycles. The van der Waals surface area contributed by atoms with Crippen molar-refractivity contribution in [2.24, 2.45) is 5.92 Å². The summed E-state index contributed by atoms with van der Waals surface area (Å²) < 4.78 is 40.8. The minimum absolute atomic E-state index is 0.00403. The first kappa shape index (κ1) is 16.0. The van der Waals surface area contributed by atoms with Gasteiger partial charge in [-0.15, -0.1) is 0 Å². The summed E-state index contributed by atoms with van der Waals surface area (Å²) in [5, 5.41) is 10.9. The van der Waals surface area contributed by atoms with Crippen molar-refractivity contribution in [1.29, 1.82) is 0 Å². The molecule has 3 aliphatic heterocycles. The van der Waals surface area contributed by atoms with Crippen molar-refractivity contribution in [3.63, 3.8) is 0 Å². The first-order valence-electron chi connectivity index (χ1n) is 8.41. The van der Waals surface area contributed by atoms with E-state index >= 15 is 0 Å². The molecule has 0 radical (unpaired) electrons. The van der Waals surface area contributed by atoms with Gasteiger partial charge in [-0.3, -0.25) is 0 Å². The van der Waals surface area contributed by atoms with Crippen molar-refractivity contribution < 1.29 is 18.3 Å². The van der Waals surface area contributed by atoms with Crippen LogP contribution in [0.25, 0.3) is 10.9 Å². The Labute approximate surface area is 138 Å². The van der Waals surface area contributed by atoms with E-state index in [-0.39, 0.29) is 11.5 Å². The summed E-state index contributed by atoms with van der Waals surface area (Å²) in [6, 6.07) is 6.94. The number of aromatic nitrogens is 1. The van der Waals surface area contributed by atoms with Crippen LogP contribution < -0.4 is 0 Å². The van der Waals surface area contributed by atoms with E-state index in [1.807, 2.05) is 0 Å². The molecule has 0 aliphatic carbocycles. The molecule has 2 N–H and O–H groups in total. The number of aromatic amines is 1. The maximum absolute atomic E-state index is 13.6. The van der Waals surface area contributed by atoms with Gasteiger partial charge in [-0.25, -0.2) is 0 Å². The second-order valence-corrected chi connectivity index (χ2v) is 7.27. The fourth-order valence-electron chi connectivity index (χ4n) is 4.40. The molecule has 1 aromatic carbocycles. The van der Waals surface area contributed by atoms with Gasteiger partial charge in [0, 0.05) is 34.6 Å². The molecule has 2 bridgehead atoms. The molecular formula is C18H21F3N2O. The number of nitrogens with one attached hydrogen (secondary N) is 1. The highest BCUT2D eigenvalue weighted by atomic mass is 19.4. The minimum atomic E-state index is -4.72. The molecular weight excluding hydrogens is 317 g/mol. The number of rotatable bonds is 2. The number of hydrogen-bond acceptors (Lipinski definition) is 2. The molecule has 2 atom stereocenters. The highest BCUT2D eigenvalue weighted by molar-refractivity contribution is 5.86. The number of fused-ring (bicyclic) bond motifs is 4. The number of halogens is 3. The molecule has 1 aromatic heterocycles. The Bertz CT molecular complexity index is 757. The van der Waals surface area contributed by atoms with Crippen molar-refractivity contribution >= 4 is 10.9 Å². The van der Waals surface area contributed by atoms with Crippen LogP contribution in [0.3, 0.4) is 0 Å². The number of aliphatic hydroxyl groups is 1. The van der Waals surface area contributed by atoms with Gasteiger partial charge >= 0.3 is 6.18 Å². The van der Waals surface area contributed by atoms with Crippen LogP contribution in [0.4, 0.5) is 13.2 Å². The van der Waals surface area contributed by atoms with Crippen LogP contribution in [-0.2, 0) is 5.60 Å². The molecule has 5 rings (SSSR count). The molecule has 2 aromatic rings. The maximum atomic E-state index is 13.6. The quantitative estimate of drug-likeness (QED) is 0.875. The molecule has 0 amide bonds. The van der Waals surface area contributed by atoms with Crippen molar-refractivity contribution in [2.45, 2.75) is 37.5 Å². The minimum Gasteiger partial charge on any atom is -0.376 e. The molecule has 3 aliphatic rings. The van der Waals surface area contributed by atoms with Crippen LogP contribution in [0.15, 0.2) is 24.3 Å². The van der Waals surface area contributed by atoms with Gasteiger partial charge in [-0.2, -0.15) is 13.2 Å². The standard InChI is InChI=1S/C18H21F3N2O/c1-17(24,18(19,20)21)15-12-4-2-3-5-14(12)22-16(15)13-10-23-8-6-11(13)7-9-23/h2-5,11,13,22,24H,6-10H2,1H3. The third-order valence-corrected chi connectivity index (χ3v) is 5.80. The monoisotopic (exact) mass is 338 g/mol. The summed E-state index contributed by atoms with van der Waals surface area (Å²) in [6.45, 7) is 3.67. The van der Waals surface area contributed by atoms with Gasteiger partial charge in [0.25, 0.3) is 0 Å². The van der Waals surface area contributed by atoms with E-state index in [1.54, 1.807) is 24.3 Å². The number of alkyl halides is 3. The molecule has 3 fully saturated rings. The Morgan fingerprint density at radius 1 is 1.17 bits per heavy atom. The summed E-state index contributed by atoms with van der Waals surface area (Å²) in [7, 11) is 0. The Balaban J connectivity index is 1.91. The highest BCUT2D eigenvalue weighted by Crippen LogP contribution is 2.48. The zero-order valence-corrected chi connectivity index (χ0v) is 13.5.